The fraction of sp³-hybridized carbons (Fsp3) is 1.00. The van der Waals surface area contributed by atoms with Crippen molar-refractivity contribution in [1.82, 2.24) is 0 Å². The average molecular weight is 249 g/mol. The Balaban J connectivity index is 3.71. The Morgan fingerprint density at radius 2 is 1.76 bits per heavy atom. The first-order valence-electron chi connectivity index (χ1n) is 6.17. The minimum absolute atomic E-state index is 0.0666. The second kappa shape index (κ2) is 11.6. The van der Waals surface area contributed by atoms with Crippen LogP contribution in [-0.4, -0.2) is 37.6 Å². The van der Waals surface area contributed by atoms with Crippen LogP contribution in [0.5, 0.6) is 0 Å². The van der Waals surface area contributed by atoms with Crippen molar-refractivity contribution in [3.05, 3.63) is 10.1 Å². The summed E-state index contributed by atoms with van der Waals surface area (Å²) in [7, 11) is 0. The zero-order valence-electron chi connectivity index (χ0n) is 10.7. The molecule has 102 valence electrons. The van der Waals surface area contributed by atoms with Crippen molar-refractivity contribution >= 4 is 0 Å². The minimum Gasteiger partial charge on any atom is -0.379 e. The molecule has 0 amide bonds. The molecule has 6 nitrogen and oxygen atoms in total. The second-order valence-corrected chi connectivity index (χ2v) is 3.79. The minimum atomic E-state index is -0.803. The van der Waals surface area contributed by atoms with Gasteiger partial charge >= 0.3 is 0 Å². The van der Waals surface area contributed by atoms with Gasteiger partial charge in [-0.05, 0) is 12.8 Å². The van der Waals surface area contributed by atoms with Gasteiger partial charge in [-0.15, -0.1) is 10.1 Å². The van der Waals surface area contributed by atoms with E-state index in [0.29, 0.717) is 19.8 Å². The van der Waals surface area contributed by atoms with E-state index in [0.717, 1.165) is 25.7 Å². The summed E-state index contributed by atoms with van der Waals surface area (Å²) in [6, 6.07) is 0. The van der Waals surface area contributed by atoms with E-state index in [1.165, 1.54) is 0 Å². The Bertz CT molecular complexity index is 189. The Morgan fingerprint density at radius 1 is 1.12 bits per heavy atom. The molecule has 0 spiro atoms. The predicted molar refractivity (Wildman–Crippen MR) is 63.3 cm³/mol. The van der Waals surface area contributed by atoms with Crippen LogP contribution in [0.2, 0.25) is 0 Å². The zero-order chi connectivity index (χ0) is 12.9. The highest BCUT2D eigenvalue weighted by atomic mass is 17.0. The third-order valence-corrected chi connectivity index (χ3v) is 2.16. The van der Waals surface area contributed by atoms with E-state index < -0.39 is 5.09 Å². The molecule has 0 rings (SSSR count). The van der Waals surface area contributed by atoms with Gasteiger partial charge in [0, 0.05) is 13.2 Å². The Morgan fingerprint density at radius 3 is 2.35 bits per heavy atom. The van der Waals surface area contributed by atoms with Gasteiger partial charge in [0.25, 0.3) is 5.09 Å². The smallest absolute Gasteiger partial charge is 0.294 e. The lowest BCUT2D eigenvalue weighted by Gasteiger charge is -2.16. The first-order chi connectivity index (χ1) is 8.20. The fourth-order valence-electron chi connectivity index (χ4n) is 1.14. The van der Waals surface area contributed by atoms with Crippen LogP contribution in [0.15, 0.2) is 0 Å². The van der Waals surface area contributed by atoms with E-state index in [1.54, 1.807) is 0 Å². The number of ether oxygens (including phenoxy) is 2. The summed E-state index contributed by atoms with van der Waals surface area (Å²) in [5.74, 6) is 0. The van der Waals surface area contributed by atoms with Crippen LogP contribution in [0.3, 0.4) is 0 Å². The van der Waals surface area contributed by atoms with Crippen LogP contribution >= 0.6 is 0 Å². The topological polar surface area (TPSA) is 70.8 Å². The summed E-state index contributed by atoms with van der Waals surface area (Å²) >= 11 is 0. The second-order valence-electron chi connectivity index (χ2n) is 3.79. The van der Waals surface area contributed by atoms with Crippen molar-refractivity contribution in [1.29, 1.82) is 0 Å². The van der Waals surface area contributed by atoms with Crippen LogP contribution in [0.25, 0.3) is 0 Å². The van der Waals surface area contributed by atoms with Crippen LogP contribution in [0.4, 0.5) is 0 Å². The summed E-state index contributed by atoms with van der Waals surface area (Å²) < 4.78 is 10.8. The highest BCUT2D eigenvalue weighted by Gasteiger charge is 2.11. The van der Waals surface area contributed by atoms with Crippen molar-refractivity contribution in [2.75, 3.05) is 26.4 Å². The number of nitrogens with zero attached hydrogens (tertiary/aromatic N) is 1. The molecule has 0 aliphatic carbocycles. The third kappa shape index (κ3) is 11.4. The summed E-state index contributed by atoms with van der Waals surface area (Å²) in [5, 5.41) is 9.29. The fourth-order valence-corrected chi connectivity index (χ4v) is 1.14. The number of unbranched alkanes of at least 4 members (excludes halogenated alkanes) is 2. The first-order valence-corrected chi connectivity index (χ1v) is 6.17. The number of hydrogen-bond acceptors (Lipinski definition) is 5. The standard InChI is InChI=1S/C11H23NO5/c1-3-5-7-15-9-11(10-17-12(13)14)16-8-6-4-2/h11H,3-10H2,1-2H3. The molecule has 0 aromatic carbocycles. The molecule has 0 aromatic heterocycles. The molecule has 0 saturated heterocycles. The molecule has 0 aliphatic rings. The lowest BCUT2D eigenvalue weighted by molar-refractivity contribution is -0.759. The van der Waals surface area contributed by atoms with Gasteiger partial charge in [-0.1, -0.05) is 26.7 Å². The normalized spacial score (nSPS) is 12.4. The molecule has 0 saturated carbocycles. The monoisotopic (exact) mass is 249 g/mol. The van der Waals surface area contributed by atoms with E-state index in [1.807, 2.05) is 0 Å². The summed E-state index contributed by atoms with van der Waals surface area (Å²) in [6.45, 7) is 5.65. The zero-order valence-corrected chi connectivity index (χ0v) is 10.7. The molecule has 6 heteroatoms. The van der Waals surface area contributed by atoms with E-state index in [9.17, 15) is 10.1 Å². The molecule has 17 heavy (non-hydrogen) atoms. The molecule has 0 aromatic rings. The molecule has 0 heterocycles. The van der Waals surface area contributed by atoms with E-state index in [4.69, 9.17) is 9.47 Å². The van der Waals surface area contributed by atoms with Crippen LogP contribution in [0.1, 0.15) is 39.5 Å². The van der Waals surface area contributed by atoms with Crippen LogP contribution < -0.4 is 0 Å². The molecule has 0 aliphatic heterocycles. The number of rotatable bonds is 12. The van der Waals surface area contributed by atoms with Gasteiger partial charge in [-0.25, -0.2) is 0 Å². The Labute approximate surface area is 102 Å². The average Bonchev–Trinajstić information content (AvgIpc) is 2.30. The van der Waals surface area contributed by atoms with Crippen molar-refractivity contribution in [3.63, 3.8) is 0 Å². The van der Waals surface area contributed by atoms with Gasteiger partial charge in [0.1, 0.15) is 12.7 Å². The maximum atomic E-state index is 10.1. The molecule has 1 atom stereocenters. The number of hydrogen-bond donors (Lipinski definition) is 0. The maximum Gasteiger partial charge on any atom is 0.294 e. The third-order valence-electron chi connectivity index (χ3n) is 2.16. The van der Waals surface area contributed by atoms with Gasteiger partial charge < -0.3 is 14.3 Å². The lowest BCUT2D eigenvalue weighted by Crippen LogP contribution is -2.27. The van der Waals surface area contributed by atoms with Crippen LogP contribution in [-0.2, 0) is 14.3 Å². The Kier molecular flexibility index (Phi) is 11.0. The van der Waals surface area contributed by atoms with Crippen molar-refractivity contribution < 1.29 is 19.4 Å². The molecular formula is C11H23NO5. The first kappa shape index (κ1) is 16.1. The van der Waals surface area contributed by atoms with E-state index >= 15 is 0 Å². The highest BCUT2D eigenvalue weighted by molar-refractivity contribution is 4.54. The lowest BCUT2D eigenvalue weighted by atomic mass is 10.3. The summed E-state index contributed by atoms with van der Waals surface area (Å²) in [5.41, 5.74) is 0. The van der Waals surface area contributed by atoms with Crippen molar-refractivity contribution in [2.24, 2.45) is 0 Å². The summed E-state index contributed by atoms with van der Waals surface area (Å²) in [6.07, 6.45) is 3.65. The predicted octanol–water partition coefficient (Wildman–Crippen LogP) is 2.20. The van der Waals surface area contributed by atoms with Gasteiger partial charge in [0.15, 0.2) is 0 Å². The Hall–Kier alpha value is -0.880. The summed E-state index contributed by atoms with van der Waals surface area (Å²) in [4.78, 5) is 14.4. The maximum absolute atomic E-state index is 10.1. The SMILES string of the molecule is CCCCOCC(CO[N+](=O)[O-])OCCCC. The van der Waals surface area contributed by atoms with E-state index in [-0.39, 0.29) is 12.7 Å². The van der Waals surface area contributed by atoms with Gasteiger partial charge in [-0.3, -0.25) is 0 Å². The van der Waals surface area contributed by atoms with Crippen molar-refractivity contribution in [3.8, 4) is 0 Å². The highest BCUT2D eigenvalue weighted by Crippen LogP contribution is 2.00. The molecule has 0 fully saturated rings. The quantitative estimate of drug-likeness (QED) is 0.301. The largest absolute Gasteiger partial charge is 0.379 e. The molecule has 0 bridgehead atoms. The van der Waals surface area contributed by atoms with Crippen molar-refractivity contribution in [2.45, 2.75) is 45.6 Å². The van der Waals surface area contributed by atoms with Gasteiger partial charge in [0.2, 0.25) is 0 Å². The van der Waals surface area contributed by atoms with E-state index in [2.05, 4.69) is 18.7 Å². The van der Waals surface area contributed by atoms with Gasteiger partial charge in [0.05, 0.1) is 6.61 Å². The van der Waals surface area contributed by atoms with Crippen LogP contribution in [0, 0.1) is 10.1 Å². The molecular weight excluding hydrogens is 226 g/mol. The molecule has 1 unspecified atom stereocenters. The molecule has 0 N–H and O–H groups in total. The van der Waals surface area contributed by atoms with Gasteiger partial charge in [-0.2, -0.15) is 0 Å². The molecule has 0 radical (unpaired) electrons.